The van der Waals surface area contributed by atoms with Gasteiger partial charge in [0, 0.05) is 17.0 Å². The zero-order chi connectivity index (χ0) is 16.8. The van der Waals surface area contributed by atoms with Gasteiger partial charge in [-0.1, -0.05) is 0 Å². The molecular weight excluding hydrogens is 311 g/mol. The summed E-state index contributed by atoms with van der Waals surface area (Å²) in [5.74, 6) is 4.73. The highest BCUT2D eigenvalue weighted by Gasteiger charge is 2.29. The Kier molecular flexibility index (Phi) is 3.28. The number of hydrogen-bond acceptors (Lipinski definition) is 4. The third-order valence-electron chi connectivity index (χ3n) is 4.35. The average Bonchev–Trinajstić information content (AvgIpc) is 3.34. The van der Waals surface area contributed by atoms with E-state index in [9.17, 15) is 14.3 Å². The first-order valence-corrected chi connectivity index (χ1v) is 7.64. The van der Waals surface area contributed by atoms with E-state index in [4.69, 9.17) is 10.3 Å². The molecule has 4 N–H and O–H groups in total. The summed E-state index contributed by atoms with van der Waals surface area (Å²) in [4.78, 5) is 11.8. The second-order valence-corrected chi connectivity index (χ2v) is 5.97. The van der Waals surface area contributed by atoms with Crippen molar-refractivity contribution in [3.63, 3.8) is 0 Å². The molecular formula is C18H15FN2O3. The predicted molar refractivity (Wildman–Crippen MR) is 88.4 cm³/mol. The second kappa shape index (κ2) is 5.35. The number of hydrogen-bond donors (Lipinski definition) is 3. The van der Waals surface area contributed by atoms with Crippen molar-refractivity contribution in [2.75, 3.05) is 5.43 Å². The molecule has 1 aliphatic rings. The Morgan fingerprint density at radius 2 is 1.96 bits per heavy atom. The van der Waals surface area contributed by atoms with Crippen LogP contribution in [0.3, 0.4) is 0 Å². The molecule has 0 bridgehead atoms. The van der Waals surface area contributed by atoms with E-state index in [1.807, 2.05) is 6.07 Å². The highest BCUT2D eigenvalue weighted by atomic mass is 19.1. The Bertz CT molecular complexity index is 943. The van der Waals surface area contributed by atoms with Crippen molar-refractivity contribution in [3.05, 3.63) is 53.3 Å². The molecule has 0 saturated heterocycles. The Morgan fingerprint density at radius 1 is 1.25 bits per heavy atom. The number of aromatic carboxylic acids is 1. The van der Waals surface area contributed by atoms with Crippen molar-refractivity contribution in [3.8, 4) is 11.3 Å². The lowest BCUT2D eigenvalue weighted by atomic mass is 10.0. The molecule has 1 heterocycles. The van der Waals surface area contributed by atoms with Crippen LogP contribution in [0, 0.1) is 5.82 Å². The minimum absolute atomic E-state index is 0.0853. The lowest BCUT2D eigenvalue weighted by Gasteiger charge is -2.07. The lowest BCUT2D eigenvalue weighted by Crippen LogP contribution is -2.09. The van der Waals surface area contributed by atoms with Crippen LogP contribution < -0.4 is 11.3 Å². The third-order valence-corrected chi connectivity index (χ3v) is 4.35. The van der Waals surface area contributed by atoms with Gasteiger partial charge in [-0.25, -0.2) is 9.18 Å². The molecule has 1 saturated carbocycles. The summed E-state index contributed by atoms with van der Waals surface area (Å²) in [6, 6.07) is 9.12. The van der Waals surface area contributed by atoms with E-state index < -0.39 is 11.8 Å². The van der Waals surface area contributed by atoms with Crippen LogP contribution in [0.2, 0.25) is 0 Å². The third kappa shape index (κ3) is 2.32. The van der Waals surface area contributed by atoms with Crippen molar-refractivity contribution in [2.45, 2.75) is 18.8 Å². The number of carbonyl (C=O) groups is 1. The van der Waals surface area contributed by atoms with Crippen LogP contribution in [0.4, 0.5) is 10.1 Å². The molecule has 2 aromatic carbocycles. The van der Waals surface area contributed by atoms with Crippen LogP contribution in [-0.2, 0) is 0 Å². The number of rotatable bonds is 4. The first-order chi connectivity index (χ1) is 11.6. The van der Waals surface area contributed by atoms with E-state index in [1.165, 1.54) is 24.3 Å². The molecule has 0 radical (unpaired) electrons. The first kappa shape index (κ1) is 14.7. The number of nitrogen functional groups attached to an aromatic ring is 1. The van der Waals surface area contributed by atoms with Crippen molar-refractivity contribution in [2.24, 2.45) is 5.84 Å². The predicted octanol–water partition coefficient (Wildman–Crippen LogP) is 4.10. The van der Waals surface area contributed by atoms with Crippen LogP contribution >= 0.6 is 0 Å². The standard InChI is InChI=1S/C18H15FN2O3/c19-11-5-3-10(4-6-11)17-16(18(22)23)13-7-12(9-1-2-9)14(21-20)8-15(13)24-17/h3-9,21H,1-2,20H2,(H,22,23). The Labute approximate surface area is 136 Å². The topological polar surface area (TPSA) is 88.5 Å². The Balaban J connectivity index is 1.98. The van der Waals surface area contributed by atoms with E-state index in [0.29, 0.717) is 22.5 Å². The number of halogens is 1. The molecule has 6 heteroatoms. The van der Waals surface area contributed by atoms with Crippen LogP contribution in [-0.4, -0.2) is 11.1 Å². The zero-order valence-electron chi connectivity index (χ0n) is 12.7. The summed E-state index contributed by atoms with van der Waals surface area (Å²) in [5, 5.41) is 10.2. The minimum Gasteiger partial charge on any atom is -0.478 e. The molecule has 1 fully saturated rings. The molecule has 1 aliphatic carbocycles. The van der Waals surface area contributed by atoms with Crippen LogP contribution in [0.15, 0.2) is 40.8 Å². The fraction of sp³-hybridized carbons (Fsp3) is 0.167. The highest BCUT2D eigenvalue weighted by molar-refractivity contribution is 6.08. The van der Waals surface area contributed by atoms with E-state index in [0.717, 1.165) is 24.1 Å². The van der Waals surface area contributed by atoms with E-state index in [2.05, 4.69) is 5.43 Å². The van der Waals surface area contributed by atoms with E-state index in [-0.39, 0.29) is 11.3 Å². The summed E-state index contributed by atoms with van der Waals surface area (Å²) in [6.45, 7) is 0. The van der Waals surface area contributed by atoms with Gasteiger partial charge in [0.15, 0.2) is 0 Å². The Hall–Kier alpha value is -2.86. The highest BCUT2D eigenvalue weighted by Crippen LogP contribution is 2.46. The molecule has 24 heavy (non-hydrogen) atoms. The maximum Gasteiger partial charge on any atom is 0.340 e. The van der Waals surface area contributed by atoms with E-state index in [1.54, 1.807) is 6.07 Å². The molecule has 0 amide bonds. The van der Waals surface area contributed by atoms with Crippen molar-refractivity contribution in [1.29, 1.82) is 0 Å². The number of fused-ring (bicyclic) bond motifs is 1. The summed E-state index contributed by atoms with van der Waals surface area (Å²) in [7, 11) is 0. The maximum absolute atomic E-state index is 13.1. The number of anilines is 1. The van der Waals surface area contributed by atoms with Gasteiger partial charge in [-0.3, -0.25) is 5.84 Å². The quantitative estimate of drug-likeness (QED) is 0.496. The van der Waals surface area contributed by atoms with Gasteiger partial charge in [-0.15, -0.1) is 0 Å². The summed E-state index contributed by atoms with van der Waals surface area (Å²) < 4.78 is 18.9. The van der Waals surface area contributed by atoms with Crippen LogP contribution in [0.1, 0.15) is 34.7 Å². The first-order valence-electron chi connectivity index (χ1n) is 7.64. The number of furan rings is 1. The molecule has 4 rings (SSSR count). The average molecular weight is 326 g/mol. The maximum atomic E-state index is 13.1. The number of nitrogens with two attached hydrogens (primary N) is 1. The molecule has 0 spiro atoms. The summed E-state index contributed by atoms with van der Waals surface area (Å²) in [5.41, 5.74) is 5.43. The van der Waals surface area contributed by atoms with Gasteiger partial charge < -0.3 is 14.9 Å². The minimum atomic E-state index is -1.08. The van der Waals surface area contributed by atoms with Gasteiger partial charge in [0.25, 0.3) is 0 Å². The molecule has 1 aromatic heterocycles. The van der Waals surface area contributed by atoms with Crippen molar-refractivity contribution < 1.29 is 18.7 Å². The normalized spacial score (nSPS) is 14.1. The molecule has 122 valence electrons. The zero-order valence-corrected chi connectivity index (χ0v) is 12.7. The van der Waals surface area contributed by atoms with Gasteiger partial charge in [-0.05, 0) is 54.7 Å². The number of benzene rings is 2. The van der Waals surface area contributed by atoms with Crippen molar-refractivity contribution in [1.82, 2.24) is 0 Å². The molecule has 0 aliphatic heterocycles. The van der Waals surface area contributed by atoms with Crippen LogP contribution in [0.5, 0.6) is 0 Å². The van der Waals surface area contributed by atoms with Crippen molar-refractivity contribution >= 4 is 22.6 Å². The fourth-order valence-electron chi connectivity index (χ4n) is 3.03. The SMILES string of the molecule is NNc1cc2oc(-c3ccc(F)cc3)c(C(=O)O)c2cc1C1CC1. The Morgan fingerprint density at radius 3 is 2.54 bits per heavy atom. The van der Waals surface area contributed by atoms with Gasteiger partial charge in [0.05, 0.1) is 5.69 Å². The molecule has 0 atom stereocenters. The lowest BCUT2D eigenvalue weighted by molar-refractivity contribution is 0.0699. The van der Waals surface area contributed by atoms with Gasteiger partial charge in [0.2, 0.25) is 0 Å². The second-order valence-electron chi connectivity index (χ2n) is 5.97. The molecule has 0 unspecified atom stereocenters. The van der Waals surface area contributed by atoms with Crippen LogP contribution in [0.25, 0.3) is 22.3 Å². The van der Waals surface area contributed by atoms with E-state index >= 15 is 0 Å². The van der Waals surface area contributed by atoms with Gasteiger partial charge >= 0.3 is 5.97 Å². The monoisotopic (exact) mass is 326 g/mol. The molecule has 3 aromatic rings. The number of nitrogens with one attached hydrogen (secondary N) is 1. The number of carboxylic acid groups (broad SMARTS) is 1. The smallest absolute Gasteiger partial charge is 0.340 e. The van der Waals surface area contributed by atoms with Gasteiger partial charge in [-0.2, -0.15) is 0 Å². The number of hydrazine groups is 1. The largest absolute Gasteiger partial charge is 0.478 e. The summed E-state index contributed by atoms with van der Waals surface area (Å²) in [6.07, 6.45) is 2.12. The number of carboxylic acids is 1. The molecule has 5 nitrogen and oxygen atoms in total. The fourth-order valence-corrected chi connectivity index (χ4v) is 3.03. The summed E-state index contributed by atoms with van der Waals surface area (Å²) >= 11 is 0. The van der Waals surface area contributed by atoms with Gasteiger partial charge in [0.1, 0.15) is 22.7 Å².